The molecule has 0 spiro atoms. The number of allylic oxidation sites excluding steroid dienone is 9. The Morgan fingerprint density at radius 1 is 0.867 bits per heavy atom. The molecule has 1 amide bonds. The lowest BCUT2D eigenvalue weighted by Gasteiger charge is -2.04. The van der Waals surface area contributed by atoms with Gasteiger partial charge in [-0.05, 0) is 42.5 Å². The molecule has 0 fully saturated rings. The number of aromatic nitrogens is 1. The second kappa shape index (κ2) is 10.9. The van der Waals surface area contributed by atoms with E-state index in [4.69, 9.17) is 10.7 Å². The van der Waals surface area contributed by atoms with Gasteiger partial charge in [0, 0.05) is 28.9 Å². The number of primary amides is 1. The van der Waals surface area contributed by atoms with Crippen LogP contribution in [0.25, 0.3) is 23.1 Å². The van der Waals surface area contributed by atoms with Gasteiger partial charge in [0.2, 0.25) is 5.91 Å². The molecule has 1 aromatic heterocycles. The van der Waals surface area contributed by atoms with Crippen molar-refractivity contribution in [3.63, 3.8) is 0 Å². The molecule has 30 heavy (non-hydrogen) atoms. The van der Waals surface area contributed by atoms with Crippen LogP contribution in [0.3, 0.4) is 0 Å². The van der Waals surface area contributed by atoms with Gasteiger partial charge in [-0.25, -0.2) is 4.98 Å². The Balaban J connectivity index is 2.05. The lowest BCUT2D eigenvalue weighted by atomic mass is 10.1. The van der Waals surface area contributed by atoms with Gasteiger partial charge in [-0.2, -0.15) is 5.10 Å². The minimum atomic E-state index is -0.514. The summed E-state index contributed by atoms with van der Waals surface area (Å²) in [5.41, 5.74) is 11.2. The van der Waals surface area contributed by atoms with Crippen LogP contribution in [0.15, 0.2) is 108 Å². The first-order chi connectivity index (χ1) is 14.7. The van der Waals surface area contributed by atoms with Crippen molar-refractivity contribution in [3.8, 4) is 0 Å². The van der Waals surface area contributed by atoms with Crippen LogP contribution in [0.4, 0.5) is 0 Å². The molecule has 1 aromatic carbocycles. The molecule has 1 aliphatic heterocycles. The summed E-state index contributed by atoms with van der Waals surface area (Å²) in [4.78, 5) is 16.6. The Morgan fingerprint density at radius 3 is 2.57 bits per heavy atom. The number of nitrogens with two attached hydrogens (primary N) is 1. The Bertz CT molecular complexity index is 1140. The maximum absolute atomic E-state index is 11.8. The molecule has 0 saturated carbocycles. The van der Waals surface area contributed by atoms with E-state index >= 15 is 0 Å². The number of carbonyl (C=O) groups excluding carboxylic acids is 1. The second-order valence-corrected chi connectivity index (χ2v) is 6.26. The fraction of sp³-hybridized carbons (Fsp3) is 0. The second-order valence-electron chi connectivity index (χ2n) is 6.26. The topological polar surface area (TPSA) is 80.4 Å². The summed E-state index contributed by atoms with van der Waals surface area (Å²) in [5.74, 6) is -0.514. The van der Waals surface area contributed by atoms with Crippen LogP contribution in [-0.4, -0.2) is 17.1 Å². The van der Waals surface area contributed by atoms with Gasteiger partial charge in [-0.15, -0.1) is 0 Å². The Kier molecular flexibility index (Phi) is 7.46. The number of rotatable bonds is 1. The molecule has 3 N–H and O–H groups in total. The zero-order valence-corrected chi connectivity index (χ0v) is 16.3. The zero-order valence-electron chi connectivity index (χ0n) is 16.3. The van der Waals surface area contributed by atoms with Crippen molar-refractivity contribution in [1.82, 2.24) is 10.4 Å². The van der Waals surface area contributed by atoms with Crippen molar-refractivity contribution in [1.29, 1.82) is 0 Å². The van der Waals surface area contributed by atoms with Crippen molar-refractivity contribution in [3.05, 3.63) is 114 Å². The fourth-order valence-electron chi connectivity index (χ4n) is 2.66. The molecule has 0 bridgehead atoms. The summed E-state index contributed by atoms with van der Waals surface area (Å²) >= 11 is 0. The van der Waals surface area contributed by atoms with E-state index in [1.54, 1.807) is 48.9 Å². The predicted octanol–water partition coefficient (Wildman–Crippen LogP) is 4.44. The number of carbonyl (C=O) groups is 1. The van der Waals surface area contributed by atoms with E-state index in [1.807, 2.05) is 60.7 Å². The third-order valence-electron chi connectivity index (χ3n) is 4.11. The third kappa shape index (κ3) is 6.14. The van der Waals surface area contributed by atoms with E-state index in [0.717, 1.165) is 22.2 Å². The monoisotopic (exact) mass is 394 g/mol. The molecule has 2 aromatic rings. The van der Waals surface area contributed by atoms with Gasteiger partial charge in [0.25, 0.3) is 0 Å². The van der Waals surface area contributed by atoms with Crippen LogP contribution < -0.4 is 11.2 Å². The molecule has 5 nitrogen and oxygen atoms in total. The van der Waals surface area contributed by atoms with Gasteiger partial charge in [-0.3, -0.25) is 10.2 Å². The number of nitrogens with zero attached hydrogens (tertiary/aromatic N) is 2. The van der Waals surface area contributed by atoms with Crippen molar-refractivity contribution in [2.75, 3.05) is 0 Å². The summed E-state index contributed by atoms with van der Waals surface area (Å²) in [7, 11) is 0. The number of nitrogens with one attached hydrogen (secondary N) is 1. The van der Waals surface area contributed by atoms with E-state index in [0.29, 0.717) is 5.57 Å². The summed E-state index contributed by atoms with van der Waals surface area (Å²) in [6, 6.07) is 9.98. The Morgan fingerprint density at radius 2 is 1.67 bits per heavy atom. The summed E-state index contributed by atoms with van der Waals surface area (Å²) < 4.78 is 0. The quantitative estimate of drug-likeness (QED) is 0.750. The van der Waals surface area contributed by atoms with Crippen molar-refractivity contribution in [2.45, 2.75) is 0 Å². The molecule has 3 rings (SSSR count). The fourth-order valence-corrected chi connectivity index (χ4v) is 2.66. The van der Waals surface area contributed by atoms with Gasteiger partial charge < -0.3 is 5.73 Å². The number of hydrazone groups is 1. The van der Waals surface area contributed by atoms with E-state index in [2.05, 4.69) is 16.6 Å². The minimum Gasteiger partial charge on any atom is -0.366 e. The largest absolute Gasteiger partial charge is 0.366 e. The highest BCUT2D eigenvalue weighted by atomic mass is 16.1. The summed E-state index contributed by atoms with van der Waals surface area (Å²) in [5, 5.41) is 5.05. The highest BCUT2D eigenvalue weighted by molar-refractivity contribution is 5.96. The number of amides is 1. The van der Waals surface area contributed by atoms with Crippen LogP contribution in [-0.2, 0) is 4.79 Å². The first-order valence-corrected chi connectivity index (χ1v) is 9.44. The molecular weight excluding hydrogens is 372 g/mol. The van der Waals surface area contributed by atoms with Crippen LogP contribution in [0, 0.1) is 0 Å². The average molecular weight is 394 g/mol. The normalized spacial score (nSPS) is 14.5. The standard InChI is InChI=1S/C25H22N4O/c26-25(30)20-11-6-4-10-18-28-27-17-9-3-1-2-5-12-22-19-21-13-7-8-14-23(21)29-24(22)16-15-20/h1-19,28H,(H2,26,30). The van der Waals surface area contributed by atoms with Gasteiger partial charge in [0.05, 0.1) is 11.2 Å². The average Bonchev–Trinajstić information content (AvgIpc) is 2.75. The van der Waals surface area contributed by atoms with Crippen LogP contribution in [0.1, 0.15) is 11.3 Å². The van der Waals surface area contributed by atoms with E-state index in [-0.39, 0.29) is 0 Å². The van der Waals surface area contributed by atoms with E-state index in [1.165, 1.54) is 0 Å². The summed E-state index contributed by atoms with van der Waals surface area (Å²) in [6.45, 7) is 0. The molecule has 0 unspecified atom stereocenters. The molecule has 5 heteroatoms. The van der Waals surface area contributed by atoms with Crippen molar-refractivity contribution in [2.24, 2.45) is 10.8 Å². The van der Waals surface area contributed by atoms with Gasteiger partial charge in [0.15, 0.2) is 0 Å². The predicted molar refractivity (Wildman–Crippen MR) is 125 cm³/mol. The molecule has 0 aliphatic carbocycles. The highest BCUT2D eigenvalue weighted by Crippen LogP contribution is 2.20. The molecule has 0 atom stereocenters. The molecule has 1 aliphatic rings. The number of hydrogen-bond acceptors (Lipinski definition) is 4. The number of para-hydroxylation sites is 1. The molecular formula is C25H22N4O. The smallest absolute Gasteiger partial charge is 0.248 e. The van der Waals surface area contributed by atoms with E-state index < -0.39 is 5.91 Å². The summed E-state index contributed by atoms with van der Waals surface area (Å²) in [6.07, 6.45) is 25.2. The van der Waals surface area contributed by atoms with Crippen molar-refractivity contribution < 1.29 is 4.79 Å². The van der Waals surface area contributed by atoms with Gasteiger partial charge >= 0.3 is 0 Å². The maximum atomic E-state index is 11.8. The van der Waals surface area contributed by atoms with Gasteiger partial charge in [-0.1, -0.05) is 60.7 Å². The zero-order chi connectivity index (χ0) is 21.0. The lowest BCUT2D eigenvalue weighted by molar-refractivity contribution is -0.114. The van der Waals surface area contributed by atoms with Crippen LogP contribution >= 0.6 is 0 Å². The maximum Gasteiger partial charge on any atom is 0.248 e. The van der Waals surface area contributed by atoms with Crippen LogP contribution in [0.2, 0.25) is 0 Å². The minimum absolute atomic E-state index is 0.373. The third-order valence-corrected chi connectivity index (χ3v) is 4.11. The highest BCUT2D eigenvalue weighted by Gasteiger charge is 2.04. The first-order valence-electron chi connectivity index (χ1n) is 9.44. The van der Waals surface area contributed by atoms with E-state index in [9.17, 15) is 4.79 Å². The lowest BCUT2D eigenvalue weighted by Crippen LogP contribution is -2.12. The number of hydrogen-bond donors (Lipinski definition) is 2. The van der Waals surface area contributed by atoms with Crippen molar-refractivity contribution >= 4 is 35.2 Å². The molecule has 148 valence electrons. The number of fused-ring (bicyclic) bond motifs is 2. The number of benzene rings is 1. The SMILES string of the molecule is NC(=O)C1=CC=CC=CNN=CC=CC=CC=Cc2cc3ccccc3nc2C=C1. The number of pyridine rings is 1. The van der Waals surface area contributed by atoms with Crippen LogP contribution in [0.5, 0.6) is 0 Å². The Hall–Kier alpha value is -4.25. The molecule has 0 saturated heterocycles. The Labute approximate surface area is 175 Å². The van der Waals surface area contributed by atoms with Gasteiger partial charge in [0.1, 0.15) is 0 Å². The first kappa shape index (κ1) is 20.5. The molecule has 2 heterocycles. The molecule has 0 radical (unpaired) electrons.